The van der Waals surface area contributed by atoms with E-state index in [0.717, 1.165) is 6.33 Å². The van der Waals surface area contributed by atoms with Gasteiger partial charge in [0.1, 0.15) is 41.0 Å². The van der Waals surface area contributed by atoms with E-state index in [1.54, 1.807) is 17.9 Å². The van der Waals surface area contributed by atoms with Crippen LogP contribution in [0.5, 0.6) is 11.5 Å². The van der Waals surface area contributed by atoms with E-state index in [-0.39, 0.29) is 39.8 Å². The van der Waals surface area contributed by atoms with Gasteiger partial charge in [-0.15, -0.1) is 0 Å². The van der Waals surface area contributed by atoms with Crippen LogP contribution in [0, 0.1) is 12.7 Å². The number of halogens is 3. The number of carbonyl (C=O) groups is 1. The molecule has 5 heterocycles. The molecule has 4 aromatic heterocycles. The van der Waals surface area contributed by atoms with E-state index in [9.17, 15) is 13.6 Å². The van der Waals surface area contributed by atoms with E-state index in [4.69, 9.17) is 9.72 Å². The van der Waals surface area contributed by atoms with Gasteiger partial charge in [0, 0.05) is 37.8 Å². The van der Waals surface area contributed by atoms with Crippen molar-refractivity contribution in [2.45, 2.75) is 27.3 Å². The highest BCUT2D eigenvalue weighted by atomic mass is 19.3. The van der Waals surface area contributed by atoms with Crippen molar-refractivity contribution in [1.82, 2.24) is 34.4 Å². The lowest BCUT2D eigenvalue weighted by atomic mass is 10.1. The Morgan fingerprint density at radius 2 is 1.82 bits per heavy atom. The van der Waals surface area contributed by atoms with E-state index in [1.807, 2.05) is 26.0 Å². The molecule has 0 bridgehead atoms. The number of piperazine rings is 1. The minimum absolute atomic E-state index is 0.0127. The van der Waals surface area contributed by atoms with Crippen molar-refractivity contribution in [2.24, 2.45) is 0 Å². The Morgan fingerprint density at radius 3 is 2.55 bits per heavy atom. The van der Waals surface area contributed by atoms with Gasteiger partial charge in [0.2, 0.25) is 5.91 Å². The summed E-state index contributed by atoms with van der Waals surface area (Å²) >= 11 is 0. The molecule has 14 heteroatoms. The van der Waals surface area contributed by atoms with Crippen molar-refractivity contribution in [3.63, 3.8) is 0 Å². The van der Waals surface area contributed by atoms with Crippen LogP contribution < -0.4 is 15.0 Å². The Labute approximate surface area is 251 Å². The summed E-state index contributed by atoms with van der Waals surface area (Å²) in [5, 5.41) is 3.02. The van der Waals surface area contributed by atoms with Crippen molar-refractivity contribution in [3.8, 4) is 11.5 Å². The van der Waals surface area contributed by atoms with Crippen LogP contribution in [0.25, 0.3) is 22.2 Å². The molecule has 11 nitrogen and oxygen atoms in total. The minimum atomic E-state index is -2.77. The number of anilines is 3. The number of benzene rings is 1. The molecule has 1 aromatic carbocycles. The van der Waals surface area contributed by atoms with Gasteiger partial charge in [0.15, 0.2) is 17.3 Å². The number of pyridine rings is 2. The van der Waals surface area contributed by atoms with Crippen LogP contribution >= 0.6 is 0 Å². The highest BCUT2D eigenvalue weighted by Gasteiger charge is 2.22. The number of nitrogens with one attached hydrogen (secondary N) is 1. The zero-order chi connectivity index (χ0) is 31.4. The van der Waals surface area contributed by atoms with E-state index < -0.39 is 12.4 Å². The van der Waals surface area contributed by atoms with Crippen LogP contribution in [0.3, 0.4) is 0 Å². The van der Waals surface area contributed by atoms with E-state index in [1.165, 1.54) is 30.7 Å². The van der Waals surface area contributed by atoms with Crippen LogP contribution in [0.1, 0.15) is 26.0 Å². The van der Waals surface area contributed by atoms with Gasteiger partial charge in [-0.1, -0.05) is 20.4 Å². The summed E-state index contributed by atoms with van der Waals surface area (Å²) < 4.78 is 48.2. The van der Waals surface area contributed by atoms with E-state index in [2.05, 4.69) is 36.7 Å². The molecular weight excluding hydrogens is 575 g/mol. The fourth-order valence-electron chi connectivity index (χ4n) is 4.71. The van der Waals surface area contributed by atoms with Gasteiger partial charge in [0.25, 0.3) is 0 Å². The van der Waals surface area contributed by atoms with Crippen LogP contribution in [-0.4, -0.2) is 66.5 Å². The Balaban J connectivity index is 0.00000188. The Kier molecular flexibility index (Phi) is 8.88. The van der Waals surface area contributed by atoms with Crippen LogP contribution in [0.4, 0.5) is 30.5 Å². The standard InChI is InChI=1S/C28H24F3N9O2.C2H6/c1-3-23(41)39-10-8-38(9-11-39)22-7-5-19-25(37-22)26(34-14-33-19)36-18-4-6-21(16(2)24(18)29)42-17-12-20-27(32-13-17)40(15-35-20)28(30)31;1-2/h3-7,12-15,28H,1,8-11H2,2H3,(H,33,34,36);1-2H3. The van der Waals surface area contributed by atoms with Gasteiger partial charge in [0.05, 0.1) is 17.4 Å². The predicted octanol–water partition coefficient (Wildman–Crippen LogP) is 6.01. The predicted molar refractivity (Wildman–Crippen MR) is 161 cm³/mol. The largest absolute Gasteiger partial charge is 0.455 e. The summed E-state index contributed by atoms with van der Waals surface area (Å²) in [4.78, 5) is 37.0. The van der Waals surface area contributed by atoms with Gasteiger partial charge >= 0.3 is 6.55 Å². The average Bonchev–Trinajstić information content (AvgIpc) is 3.49. The fraction of sp³-hybridized carbons (Fsp3) is 0.267. The molecular formula is C30H30F3N9O2. The van der Waals surface area contributed by atoms with Gasteiger partial charge in [-0.2, -0.15) is 8.78 Å². The lowest BCUT2D eigenvalue weighted by Gasteiger charge is -2.35. The molecule has 0 aliphatic carbocycles. The first-order valence-electron chi connectivity index (χ1n) is 13.9. The molecule has 1 N–H and O–H groups in total. The number of hydrogen-bond donors (Lipinski definition) is 1. The second kappa shape index (κ2) is 12.9. The van der Waals surface area contributed by atoms with Crippen molar-refractivity contribution in [3.05, 3.63) is 73.2 Å². The van der Waals surface area contributed by atoms with Crippen LogP contribution in [0.15, 0.2) is 61.8 Å². The second-order valence-corrected chi connectivity index (χ2v) is 9.50. The number of ether oxygens (including phenoxy) is 1. The highest BCUT2D eigenvalue weighted by molar-refractivity contribution is 5.89. The van der Waals surface area contributed by atoms with Gasteiger partial charge in [-0.25, -0.2) is 29.3 Å². The SMILES string of the molecule is C=CC(=O)N1CCN(c2ccc3ncnc(Nc4ccc(Oc5cnc6c(c5)ncn6C(F)F)c(C)c4F)c3n2)CC1.CC. The Bertz CT molecular complexity index is 1820. The van der Waals surface area contributed by atoms with E-state index >= 15 is 4.39 Å². The fourth-order valence-corrected chi connectivity index (χ4v) is 4.71. The first-order chi connectivity index (χ1) is 21.3. The molecule has 0 unspecified atom stereocenters. The molecule has 6 rings (SSSR count). The van der Waals surface area contributed by atoms with E-state index in [0.29, 0.717) is 53.4 Å². The summed E-state index contributed by atoms with van der Waals surface area (Å²) in [6, 6.07) is 8.21. The lowest BCUT2D eigenvalue weighted by Crippen LogP contribution is -2.48. The molecule has 0 atom stereocenters. The van der Waals surface area contributed by atoms with Gasteiger partial charge < -0.3 is 19.9 Å². The summed E-state index contributed by atoms with van der Waals surface area (Å²) in [6.45, 7) is 8.61. The molecule has 228 valence electrons. The Morgan fingerprint density at radius 1 is 1.05 bits per heavy atom. The maximum absolute atomic E-state index is 15.5. The quantitative estimate of drug-likeness (QED) is 0.223. The minimum Gasteiger partial charge on any atom is -0.455 e. The number of carbonyl (C=O) groups excluding carboxylic acids is 1. The average molecular weight is 606 g/mol. The molecule has 1 amide bonds. The summed E-state index contributed by atoms with van der Waals surface area (Å²) in [7, 11) is 0. The Hall–Kier alpha value is -5.27. The maximum Gasteiger partial charge on any atom is 0.321 e. The van der Waals surface area contributed by atoms with Crippen LogP contribution in [0.2, 0.25) is 0 Å². The summed E-state index contributed by atoms with van der Waals surface area (Å²) in [5.41, 5.74) is 1.62. The van der Waals surface area contributed by atoms with Crippen molar-refractivity contribution in [2.75, 3.05) is 36.4 Å². The highest BCUT2D eigenvalue weighted by Crippen LogP contribution is 2.33. The zero-order valence-corrected chi connectivity index (χ0v) is 24.3. The maximum atomic E-state index is 15.5. The number of hydrogen-bond acceptors (Lipinski definition) is 9. The number of aromatic nitrogens is 6. The number of rotatable bonds is 7. The number of imidazole rings is 1. The molecule has 1 fully saturated rings. The molecule has 44 heavy (non-hydrogen) atoms. The number of amides is 1. The molecule has 1 aliphatic heterocycles. The van der Waals surface area contributed by atoms with Gasteiger partial charge in [-0.3, -0.25) is 9.36 Å². The van der Waals surface area contributed by atoms with Gasteiger partial charge in [-0.05, 0) is 37.3 Å². The normalized spacial score (nSPS) is 13.2. The summed E-state index contributed by atoms with van der Waals surface area (Å²) in [6.07, 6.45) is 4.95. The van der Waals surface area contributed by atoms with Crippen molar-refractivity contribution >= 4 is 45.4 Å². The molecule has 5 aromatic rings. The monoisotopic (exact) mass is 605 g/mol. The zero-order valence-electron chi connectivity index (χ0n) is 24.3. The third-order valence-corrected chi connectivity index (χ3v) is 6.97. The first kappa shape index (κ1) is 30.2. The third kappa shape index (κ3) is 5.96. The number of nitrogens with zero attached hydrogens (tertiary/aromatic N) is 8. The molecule has 0 radical (unpaired) electrons. The number of alkyl halides is 2. The molecule has 1 aliphatic rings. The second-order valence-electron chi connectivity index (χ2n) is 9.50. The first-order valence-corrected chi connectivity index (χ1v) is 13.9. The number of fused-ring (bicyclic) bond motifs is 2. The molecule has 0 saturated carbocycles. The summed E-state index contributed by atoms with van der Waals surface area (Å²) in [5.74, 6) is 0.769. The van der Waals surface area contributed by atoms with Crippen LogP contribution in [-0.2, 0) is 4.79 Å². The van der Waals surface area contributed by atoms with Crippen molar-refractivity contribution in [1.29, 1.82) is 0 Å². The third-order valence-electron chi connectivity index (χ3n) is 6.97. The van der Waals surface area contributed by atoms with Crippen molar-refractivity contribution < 1.29 is 22.7 Å². The topological polar surface area (TPSA) is 114 Å². The lowest BCUT2D eigenvalue weighted by molar-refractivity contribution is -0.126. The smallest absolute Gasteiger partial charge is 0.321 e. The molecule has 0 spiro atoms. The molecule has 1 saturated heterocycles.